The molecule has 1 aliphatic rings. The molecule has 1 aromatic heterocycles. The number of rotatable bonds is 7. The fraction of sp³-hybridized carbons (Fsp3) is 0.250. The van der Waals surface area contributed by atoms with Gasteiger partial charge in [-0.1, -0.05) is 11.6 Å². The SMILES string of the molecule is O=C(COc1ccc(Cl)cc1)Nc1ccc(N2CCCN(S(=O)(=O)c3ccc(F)cc3)CC2)nc1. The van der Waals surface area contributed by atoms with Crippen LogP contribution in [0.25, 0.3) is 0 Å². The van der Waals surface area contributed by atoms with Crippen LogP contribution in [0, 0.1) is 5.82 Å². The highest BCUT2D eigenvalue weighted by Gasteiger charge is 2.27. The summed E-state index contributed by atoms with van der Waals surface area (Å²) in [5.74, 6) is 0.410. The molecule has 1 N–H and O–H groups in total. The average molecular weight is 519 g/mol. The van der Waals surface area contributed by atoms with Crippen molar-refractivity contribution in [2.75, 3.05) is 43.0 Å². The van der Waals surface area contributed by atoms with Crippen molar-refractivity contribution >= 4 is 39.0 Å². The fourth-order valence-corrected chi connectivity index (χ4v) is 5.24. The summed E-state index contributed by atoms with van der Waals surface area (Å²) in [5.41, 5.74) is 0.522. The van der Waals surface area contributed by atoms with Crippen molar-refractivity contribution in [1.29, 1.82) is 0 Å². The molecular formula is C24H24ClFN4O4S. The van der Waals surface area contributed by atoms with Crippen LogP contribution in [0.4, 0.5) is 15.9 Å². The lowest BCUT2D eigenvalue weighted by Gasteiger charge is -2.23. The molecule has 0 bridgehead atoms. The van der Waals surface area contributed by atoms with Crippen LogP contribution in [0.15, 0.2) is 71.8 Å². The molecule has 0 radical (unpaired) electrons. The molecule has 0 unspecified atom stereocenters. The molecule has 3 aromatic rings. The van der Waals surface area contributed by atoms with Gasteiger partial charge in [-0.15, -0.1) is 0 Å². The Labute approximate surface area is 208 Å². The molecule has 0 atom stereocenters. The third-order valence-corrected chi connectivity index (χ3v) is 7.61. The predicted molar refractivity (Wildman–Crippen MR) is 132 cm³/mol. The fourth-order valence-electron chi connectivity index (χ4n) is 3.64. The summed E-state index contributed by atoms with van der Waals surface area (Å²) in [6.07, 6.45) is 2.16. The zero-order valence-corrected chi connectivity index (χ0v) is 20.3. The van der Waals surface area contributed by atoms with E-state index in [1.54, 1.807) is 42.6 Å². The lowest BCUT2D eigenvalue weighted by atomic mass is 10.3. The highest BCUT2D eigenvalue weighted by atomic mass is 35.5. The molecule has 35 heavy (non-hydrogen) atoms. The van der Waals surface area contributed by atoms with Crippen LogP contribution in [0.3, 0.4) is 0 Å². The molecule has 11 heteroatoms. The first-order chi connectivity index (χ1) is 16.8. The predicted octanol–water partition coefficient (Wildman–Crippen LogP) is 3.79. The number of sulfonamides is 1. The van der Waals surface area contributed by atoms with Gasteiger partial charge in [0.2, 0.25) is 10.0 Å². The van der Waals surface area contributed by atoms with Crippen LogP contribution in [0.2, 0.25) is 5.02 Å². The Morgan fingerprint density at radius 1 is 1.00 bits per heavy atom. The van der Waals surface area contributed by atoms with E-state index < -0.39 is 15.8 Å². The molecular weight excluding hydrogens is 495 g/mol. The summed E-state index contributed by atoms with van der Waals surface area (Å²) < 4.78 is 45.9. The monoisotopic (exact) mass is 518 g/mol. The standard InChI is InChI=1S/C24H24ClFN4O4S/c25-18-2-7-21(8-3-18)34-17-24(31)28-20-6-11-23(27-16-20)29-12-1-13-30(15-14-29)35(32,33)22-9-4-19(26)5-10-22/h2-11,16H,1,12-15,17H2,(H,28,31). The Morgan fingerprint density at radius 3 is 2.43 bits per heavy atom. The number of carbonyl (C=O) groups is 1. The van der Waals surface area contributed by atoms with Crippen molar-refractivity contribution in [3.63, 3.8) is 0 Å². The van der Waals surface area contributed by atoms with E-state index in [1.165, 1.54) is 16.4 Å². The molecule has 0 aliphatic carbocycles. The minimum atomic E-state index is -3.70. The first kappa shape index (κ1) is 24.9. The van der Waals surface area contributed by atoms with Gasteiger partial charge in [0.1, 0.15) is 17.4 Å². The molecule has 2 aromatic carbocycles. The molecule has 0 spiro atoms. The van der Waals surface area contributed by atoms with Gasteiger partial charge in [-0.25, -0.2) is 17.8 Å². The van der Waals surface area contributed by atoms with E-state index in [9.17, 15) is 17.6 Å². The van der Waals surface area contributed by atoms with Crippen molar-refractivity contribution in [1.82, 2.24) is 9.29 Å². The number of hydrogen-bond donors (Lipinski definition) is 1. The number of carbonyl (C=O) groups excluding carboxylic acids is 1. The zero-order chi connectivity index (χ0) is 24.8. The third kappa shape index (κ3) is 6.47. The minimum Gasteiger partial charge on any atom is -0.484 e. The van der Waals surface area contributed by atoms with Gasteiger partial charge in [0.05, 0.1) is 16.8 Å². The Hall–Kier alpha value is -3.21. The van der Waals surface area contributed by atoms with Crippen molar-refractivity contribution in [3.8, 4) is 5.75 Å². The Balaban J connectivity index is 1.31. The van der Waals surface area contributed by atoms with E-state index in [-0.39, 0.29) is 24.0 Å². The van der Waals surface area contributed by atoms with E-state index in [4.69, 9.17) is 16.3 Å². The summed E-state index contributed by atoms with van der Waals surface area (Å²) in [6, 6.07) is 15.1. The maximum atomic E-state index is 13.2. The van der Waals surface area contributed by atoms with Gasteiger partial charge < -0.3 is 15.0 Å². The number of nitrogens with one attached hydrogen (secondary N) is 1. The smallest absolute Gasteiger partial charge is 0.262 e. The molecule has 4 rings (SSSR count). The first-order valence-electron chi connectivity index (χ1n) is 11.0. The summed E-state index contributed by atoms with van der Waals surface area (Å²) in [6.45, 7) is 1.56. The average Bonchev–Trinajstić information content (AvgIpc) is 3.12. The van der Waals surface area contributed by atoms with Crippen LogP contribution in [0.5, 0.6) is 5.75 Å². The van der Waals surface area contributed by atoms with Gasteiger partial charge in [0.15, 0.2) is 6.61 Å². The minimum absolute atomic E-state index is 0.0746. The van der Waals surface area contributed by atoms with Gasteiger partial charge in [0, 0.05) is 31.2 Å². The third-order valence-electron chi connectivity index (χ3n) is 5.45. The van der Waals surface area contributed by atoms with Crippen LogP contribution in [-0.4, -0.2) is 56.4 Å². The second-order valence-corrected chi connectivity index (χ2v) is 10.3. The topological polar surface area (TPSA) is 91.8 Å². The number of halogens is 2. The molecule has 8 nitrogen and oxygen atoms in total. The quantitative estimate of drug-likeness (QED) is 0.511. The number of hydrogen-bond acceptors (Lipinski definition) is 6. The van der Waals surface area contributed by atoms with Crippen LogP contribution >= 0.6 is 11.6 Å². The molecule has 1 saturated heterocycles. The molecule has 1 aliphatic heterocycles. The summed E-state index contributed by atoms with van der Waals surface area (Å²) in [7, 11) is -3.70. The largest absolute Gasteiger partial charge is 0.484 e. The Bertz CT molecular complexity index is 1260. The lowest BCUT2D eigenvalue weighted by Crippen LogP contribution is -2.35. The van der Waals surface area contributed by atoms with Gasteiger partial charge in [-0.2, -0.15) is 4.31 Å². The normalized spacial score (nSPS) is 14.9. The van der Waals surface area contributed by atoms with E-state index in [1.807, 2.05) is 4.90 Å². The second kappa shape index (κ2) is 11.0. The molecule has 1 fully saturated rings. The van der Waals surface area contributed by atoms with E-state index in [0.717, 1.165) is 12.1 Å². The number of nitrogens with zero attached hydrogens (tertiary/aromatic N) is 3. The van der Waals surface area contributed by atoms with Crippen LogP contribution in [0.1, 0.15) is 6.42 Å². The molecule has 184 valence electrons. The zero-order valence-electron chi connectivity index (χ0n) is 18.7. The number of pyridine rings is 1. The molecule has 0 saturated carbocycles. The summed E-state index contributed by atoms with van der Waals surface area (Å²) >= 11 is 5.83. The number of anilines is 2. The van der Waals surface area contributed by atoms with E-state index in [0.29, 0.717) is 48.3 Å². The van der Waals surface area contributed by atoms with Crippen molar-refractivity contribution in [3.05, 3.63) is 77.7 Å². The van der Waals surface area contributed by atoms with Gasteiger partial charge in [-0.05, 0) is 67.1 Å². The van der Waals surface area contributed by atoms with Crippen LogP contribution < -0.4 is 15.0 Å². The summed E-state index contributed by atoms with van der Waals surface area (Å²) in [5, 5.41) is 3.31. The van der Waals surface area contributed by atoms with Crippen LogP contribution in [-0.2, 0) is 14.8 Å². The maximum absolute atomic E-state index is 13.2. The van der Waals surface area contributed by atoms with Gasteiger partial charge in [0.25, 0.3) is 5.91 Å². The number of amides is 1. The van der Waals surface area contributed by atoms with Crippen molar-refractivity contribution in [2.45, 2.75) is 11.3 Å². The number of ether oxygens (including phenoxy) is 1. The molecule has 1 amide bonds. The summed E-state index contributed by atoms with van der Waals surface area (Å²) in [4.78, 5) is 18.7. The van der Waals surface area contributed by atoms with Crippen molar-refractivity contribution in [2.24, 2.45) is 0 Å². The highest BCUT2D eigenvalue weighted by Crippen LogP contribution is 2.21. The second-order valence-electron chi connectivity index (χ2n) is 7.89. The maximum Gasteiger partial charge on any atom is 0.262 e. The first-order valence-corrected chi connectivity index (χ1v) is 12.8. The lowest BCUT2D eigenvalue weighted by molar-refractivity contribution is -0.118. The van der Waals surface area contributed by atoms with Gasteiger partial charge >= 0.3 is 0 Å². The number of benzene rings is 2. The highest BCUT2D eigenvalue weighted by molar-refractivity contribution is 7.89. The Kier molecular flexibility index (Phi) is 7.84. The van der Waals surface area contributed by atoms with Gasteiger partial charge in [-0.3, -0.25) is 4.79 Å². The Morgan fingerprint density at radius 2 is 1.74 bits per heavy atom. The van der Waals surface area contributed by atoms with E-state index >= 15 is 0 Å². The van der Waals surface area contributed by atoms with E-state index in [2.05, 4.69) is 10.3 Å². The van der Waals surface area contributed by atoms with Crippen molar-refractivity contribution < 1.29 is 22.3 Å². The molecule has 2 heterocycles. The number of aromatic nitrogens is 1.